The first-order valence-corrected chi connectivity index (χ1v) is 4.46. The van der Waals surface area contributed by atoms with Crippen LogP contribution in [0.5, 0.6) is 11.5 Å². The van der Waals surface area contributed by atoms with Crippen molar-refractivity contribution in [3.8, 4) is 11.5 Å². The van der Waals surface area contributed by atoms with Crippen LogP contribution in [0.3, 0.4) is 0 Å². The lowest BCUT2D eigenvalue weighted by Gasteiger charge is -2.13. The summed E-state index contributed by atoms with van der Waals surface area (Å²) in [5, 5.41) is 18.1. The van der Waals surface area contributed by atoms with Gasteiger partial charge in [0.15, 0.2) is 11.5 Å². The van der Waals surface area contributed by atoms with Gasteiger partial charge in [0.25, 0.3) is 0 Å². The molecule has 0 aliphatic rings. The van der Waals surface area contributed by atoms with Gasteiger partial charge in [-0.25, -0.2) is 4.39 Å². The molecule has 0 unspecified atom stereocenters. The third-order valence-corrected chi connectivity index (χ3v) is 1.84. The lowest BCUT2D eigenvalue weighted by Crippen LogP contribution is -2.32. The largest absolute Gasteiger partial charge is 0.493 e. The first-order chi connectivity index (χ1) is 7.10. The zero-order valence-corrected chi connectivity index (χ0v) is 8.53. The van der Waals surface area contributed by atoms with Crippen molar-refractivity contribution in [1.29, 1.82) is 0 Å². The molecule has 6 heteroatoms. The molecule has 0 heterocycles. The summed E-state index contributed by atoms with van der Waals surface area (Å²) in [5.74, 6) is -0.324. The summed E-state index contributed by atoms with van der Waals surface area (Å²) < 4.78 is 23.1. The van der Waals surface area contributed by atoms with Crippen LogP contribution < -0.4 is 14.9 Å². The average Bonchev–Trinajstić information content (AvgIpc) is 2.19. The van der Waals surface area contributed by atoms with Crippen molar-refractivity contribution in [2.24, 2.45) is 0 Å². The number of benzene rings is 1. The molecule has 0 spiro atoms. The van der Waals surface area contributed by atoms with Crippen molar-refractivity contribution < 1.29 is 23.9 Å². The Labute approximate surface area is 87.4 Å². The van der Waals surface area contributed by atoms with Crippen LogP contribution in [0.1, 0.15) is 6.92 Å². The summed E-state index contributed by atoms with van der Waals surface area (Å²) in [4.78, 5) is 0. The van der Waals surface area contributed by atoms with Gasteiger partial charge in [-0.3, -0.25) is 0 Å². The monoisotopic (exact) mass is 214 g/mol. The van der Waals surface area contributed by atoms with Gasteiger partial charge in [-0.1, -0.05) is 0 Å². The molecule has 0 amide bonds. The van der Waals surface area contributed by atoms with Gasteiger partial charge >= 0.3 is 7.12 Å². The van der Waals surface area contributed by atoms with Crippen molar-refractivity contribution in [2.75, 3.05) is 13.7 Å². The minimum atomic E-state index is -1.80. The van der Waals surface area contributed by atoms with E-state index < -0.39 is 12.9 Å². The number of methoxy groups -OCH3 is 1. The predicted octanol–water partition coefficient (Wildman–Crippen LogP) is -0.0872. The second kappa shape index (κ2) is 5.00. The molecule has 0 saturated carbocycles. The minimum Gasteiger partial charge on any atom is -0.493 e. The SMILES string of the molecule is CCOc1c(OC)cc(F)cc1B(O)O. The highest BCUT2D eigenvalue weighted by atomic mass is 19.1. The van der Waals surface area contributed by atoms with Crippen LogP contribution in [-0.4, -0.2) is 30.9 Å². The molecule has 1 aromatic carbocycles. The molecule has 1 rings (SSSR count). The van der Waals surface area contributed by atoms with Crippen LogP contribution in [-0.2, 0) is 0 Å². The molecule has 2 N–H and O–H groups in total. The zero-order chi connectivity index (χ0) is 11.4. The van der Waals surface area contributed by atoms with E-state index in [1.54, 1.807) is 6.92 Å². The fraction of sp³-hybridized carbons (Fsp3) is 0.333. The van der Waals surface area contributed by atoms with Gasteiger partial charge in [-0.2, -0.15) is 0 Å². The molecular weight excluding hydrogens is 202 g/mol. The van der Waals surface area contributed by atoms with Gasteiger partial charge < -0.3 is 19.5 Å². The van der Waals surface area contributed by atoms with Crippen molar-refractivity contribution in [2.45, 2.75) is 6.92 Å². The molecule has 0 radical (unpaired) electrons. The van der Waals surface area contributed by atoms with Crippen molar-refractivity contribution >= 4 is 12.6 Å². The lowest BCUT2D eigenvalue weighted by molar-refractivity contribution is 0.310. The molecule has 0 bridgehead atoms. The molecule has 0 aliphatic heterocycles. The third kappa shape index (κ3) is 2.61. The van der Waals surface area contributed by atoms with E-state index >= 15 is 0 Å². The maximum absolute atomic E-state index is 13.0. The summed E-state index contributed by atoms with van der Waals surface area (Å²) in [6.07, 6.45) is 0. The van der Waals surface area contributed by atoms with E-state index in [-0.39, 0.29) is 17.0 Å². The summed E-state index contributed by atoms with van der Waals surface area (Å²) in [6, 6.07) is 2.12. The second-order valence-corrected chi connectivity index (χ2v) is 2.83. The van der Waals surface area contributed by atoms with Crippen molar-refractivity contribution in [1.82, 2.24) is 0 Å². The minimum absolute atomic E-state index is 0.0475. The fourth-order valence-corrected chi connectivity index (χ4v) is 1.23. The van der Waals surface area contributed by atoms with Gasteiger partial charge in [-0.05, 0) is 13.0 Å². The summed E-state index contributed by atoms with van der Waals surface area (Å²) >= 11 is 0. The standard InChI is InChI=1S/C9H12BFO4/c1-3-15-9-7(10(12)13)4-6(11)5-8(9)14-2/h4-5,12-13H,3H2,1-2H3. The topological polar surface area (TPSA) is 58.9 Å². The Morgan fingerprint density at radius 1 is 1.40 bits per heavy atom. The molecule has 15 heavy (non-hydrogen) atoms. The molecule has 0 saturated heterocycles. The molecule has 0 atom stereocenters. The van der Waals surface area contributed by atoms with Crippen LogP contribution in [0.4, 0.5) is 4.39 Å². The highest BCUT2D eigenvalue weighted by molar-refractivity contribution is 6.59. The second-order valence-electron chi connectivity index (χ2n) is 2.83. The van der Waals surface area contributed by atoms with E-state index in [0.717, 1.165) is 12.1 Å². The Morgan fingerprint density at radius 3 is 2.53 bits per heavy atom. The van der Waals surface area contributed by atoms with E-state index in [1.165, 1.54) is 7.11 Å². The Morgan fingerprint density at radius 2 is 2.07 bits per heavy atom. The van der Waals surface area contributed by atoms with E-state index in [1.807, 2.05) is 0 Å². The Balaban J connectivity index is 3.26. The normalized spacial score (nSPS) is 9.93. The van der Waals surface area contributed by atoms with Gasteiger partial charge in [0, 0.05) is 11.5 Å². The van der Waals surface area contributed by atoms with Gasteiger partial charge in [-0.15, -0.1) is 0 Å². The van der Waals surface area contributed by atoms with Crippen molar-refractivity contribution in [3.05, 3.63) is 17.9 Å². The number of halogens is 1. The third-order valence-electron chi connectivity index (χ3n) is 1.84. The maximum Gasteiger partial charge on any atom is 0.492 e. The Kier molecular flexibility index (Phi) is 3.93. The molecule has 4 nitrogen and oxygen atoms in total. The van der Waals surface area contributed by atoms with E-state index in [0.29, 0.717) is 6.61 Å². The van der Waals surface area contributed by atoms with Crippen molar-refractivity contribution in [3.63, 3.8) is 0 Å². The molecule has 0 aliphatic carbocycles. The summed E-state index contributed by atoms with van der Waals surface area (Å²) in [5.41, 5.74) is -0.0475. The van der Waals surface area contributed by atoms with Crippen LogP contribution in [0.2, 0.25) is 0 Å². The number of ether oxygens (including phenoxy) is 2. The predicted molar refractivity (Wildman–Crippen MR) is 53.9 cm³/mol. The summed E-state index contributed by atoms with van der Waals surface area (Å²) in [6.45, 7) is 2.05. The van der Waals surface area contributed by atoms with Gasteiger partial charge in [0.05, 0.1) is 13.7 Å². The Bertz CT molecular complexity index is 343. The van der Waals surface area contributed by atoms with E-state index in [2.05, 4.69) is 0 Å². The number of rotatable bonds is 4. The first-order valence-electron chi connectivity index (χ1n) is 4.46. The highest BCUT2D eigenvalue weighted by Gasteiger charge is 2.22. The first kappa shape index (κ1) is 11.8. The molecule has 0 aromatic heterocycles. The van der Waals surface area contributed by atoms with Crippen LogP contribution in [0.15, 0.2) is 12.1 Å². The van der Waals surface area contributed by atoms with E-state index in [4.69, 9.17) is 19.5 Å². The lowest BCUT2D eigenvalue weighted by atomic mass is 9.79. The highest BCUT2D eigenvalue weighted by Crippen LogP contribution is 2.25. The average molecular weight is 214 g/mol. The van der Waals surface area contributed by atoms with E-state index in [9.17, 15) is 4.39 Å². The Hall–Kier alpha value is -1.27. The molecular formula is C9H12BFO4. The zero-order valence-electron chi connectivity index (χ0n) is 8.53. The van der Waals surface area contributed by atoms with Gasteiger partial charge in [0.1, 0.15) is 5.82 Å². The molecule has 0 fully saturated rings. The quantitative estimate of drug-likeness (QED) is 0.687. The fourth-order valence-electron chi connectivity index (χ4n) is 1.23. The molecule has 1 aromatic rings. The molecule has 82 valence electrons. The van der Waals surface area contributed by atoms with Gasteiger partial charge in [0.2, 0.25) is 0 Å². The maximum atomic E-state index is 13.0. The van der Waals surface area contributed by atoms with Crippen LogP contribution >= 0.6 is 0 Å². The smallest absolute Gasteiger partial charge is 0.492 e. The number of hydrogen-bond donors (Lipinski definition) is 2. The van der Waals surface area contributed by atoms with Crippen LogP contribution in [0.25, 0.3) is 0 Å². The number of hydrogen-bond acceptors (Lipinski definition) is 4. The van der Waals surface area contributed by atoms with Crippen LogP contribution in [0, 0.1) is 5.82 Å². The summed E-state index contributed by atoms with van der Waals surface area (Å²) in [7, 11) is -0.443.